The Bertz CT molecular complexity index is 1270. The zero-order valence-corrected chi connectivity index (χ0v) is 20.6. The highest BCUT2D eigenvalue weighted by Gasteiger charge is 2.51. The Balaban J connectivity index is 1.90. The molecule has 1 aromatic heterocycles. The fourth-order valence-corrected chi connectivity index (χ4v) is 3.73. The number of ketones is 1. The fraction of sp³-hybridized carbons (Fsp3) is 0.385. The van der Waals surface area contributed by atoms with E-state index in [1.54, 1.807) is 18.2 Å². The Morgan fingerprint density at radius 1 is 1.03 bits per heavy atom. The second-order valence-corrected chi connectivity index (χ2v) is 9.40. The predicted octanol–water partition coefficient (Wildman–Crippen LogP) is 6.59. The van der Waals surface area contributed by atoms with Crippen LogP contribution >= 0.6 is 11.6 Å². The van der Waals surface area contributed by atoms with Crippen LogP contribution in [0.3, 0.4) is 0 Å². The molecule has 0 unspecified atom stereocenters. The van der Waals surface area contributed by atoms with Crippen LogP contribution in [-0.4, -0.2) is 26.9 Å². The van der Waals surface area contributed by atoms with E-state index in [9.17, 15) is 22.8 Å². The third-order valence-corrected chi connectivity index (χ3v) is 6.32. The summed E-state index contributed by atoms with van der Waals surface area (Å²) < 4.78 is 39.5. The van der Waals surface area contributed by atoms with Crippen molar-refractivity contribution >= 4 is 17.4 Å². The molecule has 0 saturated carbocycles. The van der Waals surface area contributed by atoms with E-state index in [0.717, 1.165) is 38.7 Å². The molecular formula is C26H27ClF3N3O2. The Kier molecular flexibility index (Phi) is 8.15. The minimum absolute atomic E-state index is 0.0875. The summed E-state index contributed by atoms with van der Waals surface area (Å²) >= 11 is 6.36. The first-order valence-corrected chi connectivity index (χ1v) is 11.8. The van der Waals surface area contributed by atoms with E-state index in [4.69, 9.17) is 11.6 Å². The average molecular weight is 506 g/mol. The van der Waals surface area contributed by atoms with E-state index < -0.39 is 23.1 Å². The maximum atomic E-state index is 13.2. The van der Waals surface area contributed by atoms with Crippen LogP contribution in [0.2, 0.25) is 5.02 Å². The van der Waals surface area contributed by atoms with Gasteiger partial charge in [-0.25, -0.2) is 9.78 Å². The number of Topliss-reactive ketones (excluding diaryl/α,β-unsaturated/α-hetero) is 1. The van der Waals surface area contributed by atoms with E-state index in [1.807, 2.05) is 24.3 Å². The molecule has 2 aromatic carbocycles. The molecule has 9 heteroatoms. The smallest absolute Gasteiger partial charge is 0.299 e. The van der Waals surface area contributed by atoms with Crippen molar-refractivity contribution in [2.45, 2.75) is 59.1 Å². The number of H-pyrrole nitrogens is 1. The van der Waals surface area contributed by atoms with Crippen molar-refractivity contribution in [3.8, 4) is 22.8 Å². The zero-order valence-electron chi connectivity index (χ0n) is 19.8. The summed E-state index contributed by atoms with van der Waals surface area (Å²) in [6.07, 6.45) is -1.83. The van der Waals surface area contributed by atoms with Crippen LogP contribution in [0.1, 0.15) is 51.2 Å². The van der Waals surface area contributed by atoms with E-state index in [2.05, 4.69) is 21.9 Å². The average Bonchev–Trinajstić information content (AvgIpc) is 2.81. The van der Waals surface area contributed by atoms with E-state index in [-0.39, 0.29) is 24.5 Å². The van der Waals surface area contributed by atoms with E-state index in [0.29, 0.717) is 21.7 Å². The van der Waals surface area contributed by atoms with Gasteiger partial charge in [0, 0.05) is 17.5 Å². The van der Waals surface area contributed by atoms with Gasteiger partial charge < -0.3 is 0 Å². The van der Waals surface area contributed by atoms with Crippen molar-refractivity contribution in [1.29, 1.82) is 0 Å². The molecule has 5 nitrogen and oxygen atoms in total. The second-order valence-electron chi connectivity index (χ2n) is 8.99. The van der Waals surface area contributed by atoms with Crippen molar-refractivity contribution in [3.63, 3.8) is 0 Å². The minimum atomic E-state index is -4.63. The Morgan fingerprint density at radius 2 is 1.74 bits per heavy atom. The van der Waals surface area contributed by atoms with Crippen molar-refractivity contribution in [2.75, 3.05) is 0 Å². The normalized spacial score (nSPS) is 12.1. The number of carbonyl (C=O) groups excluding carboxylic acids is 1. The number of nitrogens with zero attached hydrogens (tertiary/aromatic N) is 2. The third-order valence-electron chi connectivity index (χ3n) is 5.99. The highest BCUT2D eigenvalue weighted by molar-refractivity contribution is 6.33. The summed E-state index contributed by atoms with van der Waals surface area (Å²) in [4.78, 5) is 35.6. The summed E-state index contributed by atoms with van der Waals surface area (Å²) in [5.41, 5.74) is -0.236. The molecule has 1 heterocycles. The number of rotatable bonds is 9. The first-order valence-electron chi connectivity index (χ1n) is 11.4. The molecule has 0 saturated heterocycles. The lowest BCUT2D eigenvalue weighted by molar-refractivity contribution is -0.210. The maximum absolute atomic E-state index is 13.2. The van der Waals surface area contributed by atoms with Gasteiger partial charge in [0.1, 0.15) is 17.0 Å². The molecule has 0 aliphatic carbocycles. The molecule has 0 spiro atoms. The number of aryl methyl sites for hydroxylation is 2. The van der Waals surface area contributed by atoms with Gasteiger partial charge in [0.2, 0.25) is 0 Å². The van der Waals surface area contributed by atoms with Gasteiger partial charge in [-0.1, -0.05) is 49.2 Å². The Hall–Kier alpha value is -3.00. The standard InChI is InChI=1S/C26H27ClF3N3O2/c1-4-5-7-16-8-6-9-18(14-16)22-31-23(33-24(35)32-22)19-15-17(10-12-20(19)27)11-13-21(34)25(2,3)26(28,29)30/h6,8-10,12,14-15H,4-5,7,11,13H2,1-3H3,(H,31,32,33,35). The lowest BCUT2D eigenvalue weighted by Gasteiger charge is -2.26. The number of aromatic nitrogens is 3. The molecular weight excluding hydrogens is 479 g/mol. The molecule has 35 heavy (non-hydrogen) atoms. The van der Waals surface area contributed by atoms with E-state index >= 15 is 0 Å². The van der Waals surface area contributed by atoms with Crippen LogP contribution in [0.25, 0.3) is 22.8 Å². The van der Waals surface area contributed by atoms with Gasteiger partial charge in [0.05, 0.1) is 5.02 Å². The molecule has 0 aliphatic heterocycles. The van der Waals surface area contributed by atoms with Crippen LogP contribution in [0.15, 0.2) is 47.3 Å². The SMILES string of the molecule is CCCCc1cccc(-c2nc(-c3cc(CCC(=O)C(C)(C)C(F)(F)F)ccc3Cl)[nH]c(=O)n2)c1. The molecule has 3 aromatic rings. The molecule has 0 bridgehead atoms. The van der Waals surface area contributed by atoms with Gasteiger partial charge in [0.25, 0.3) is 0 Å². The highest BCUT2D eigenvalue weighted by Crippen LogP contribution is 2.39. The third kappa shape index (κ3) is 6.36. The first-order chi connectivity index (χ1) is 16.4. The molecule has 186 valence electrons. The van der Waals surface area contributed by atoms with Crippen LogP contribution in [-0.2, 0) is 17.6 Å². The number of hydrogen-bond acceptors (Lipinski definition) is 4. The van der Waals surface area contributed by atoms with Crippen molar-refractivity contribution < 1.29 is 18.0 Å². The minimum Gasteiger partial charge on any atom is -0.299 e. The van der Waals surface area contributed by atoms with Crippen molar-refractivity contribution in [3.05, 3.63) is 69.1 Å². The number of hydrogen-bond donors (Lipinski definition) is 1. The fourth-order valence-electron chi connectivity index (χ4n) is 3.53. The summed E-state index contributed by atoms with van der Waals surface area (Å²) in [5.74, 6) is -0.472. The molecule has 3 rings (SSSR count). The molecule has 0 atom stereocenters. The summed E-state index contributed by atoms with van der Waals surface area (Å²) in [6, 6.07) is 12.5. The van der Waals surface area contributed by atoms with E-state index in [1.165, 1.54) is 0 Å². The summed E-state index contributed by atoms with van der Waals surface area (Å²) in [6.45, 7) is 3.88. The van der Waals surface area contributed by atoms with Gasteiger partial charge in [-0.15, -0.1) is 0 Å². The van der Waals surface area contributed by atoms with Gasteiger partial charge in [-0.3, -0.25) is 9.78 Å². The zero-order chi connectivity index (χ0) is 25.8. The predicted molar refractivity (Wildman–Crippen MR) is 130 cm³/mol. The monoisotopic (exact) mass is 505 g/mol. The van der Waals surface area contributed by atoms with Crippen molar-refractivity contribution in [1.82, 2.24) is 15.0 Å². The molecule has 0 fully saturated rings. The van der Waals surface area contributed by atoms with Gasteiger partial charge in [0.15, 0.2) is 5.82 Å². The Labute approximate surface area is 206 Å². The number of nitrogens with one attached hydrogen (secondary N) is 1. The number of halogens is 4. The first kappa shape index (κ1) is 26.6. The molecule has 0 aliphatic rings. The van der Waals surface area contributed by atoms with Gasteiger partial charge in [-0.2, -0.15) is 18.2 Å². The lowest BCUT2D eigenvalue weighted by atomic mass is 9.84. The Morgan fingerprint density at radius 3 is 2.43 bits per heavy atom. The largest absolute Gasteiger partial charge is 0.400 e. The van der Waals surface area contributed by atoms with Crippen molar-refractivity contribution in [2.24, 2.45) is 5.41 Å². The van der Waals surface area contributed by atoms with Gasteiger partial charge in [-0.05, 0) is 62.4 Å². The van der Waals surface area contributed by atoms with Crippen LogP contribution in [0.4, 0.5) is 13.2 Å². The number of carbonyl (C=O) groups is 1. The highest BCUT2D eigenvalue weighted by atomic mass is 35.5. The summed E-state index contributed by atoms with van der Waals surface area (Å²) in [5, 5.41) is 0.299. The number of unbranched alkanes of at least 4 members (excludes halogenated alkanes) is 1. The quantitative estimate of drug-likeness (QED) is 0.356. The molecule has 1 N–H and O–H groups in total. The second kappa shape index (κ2) is 10.7. The molecule has 0 amide bonds. The molecule has 0 radical (unpaired) electrons. The van der Waals surface area contributed by atoms with Crippen LogP contribution in [0.5, 0.6) is 0 Å². The number of aromatic amines is 1. The topological polar surface area (TPSA) is 75.7 Å². The van der Waals surface area contributed by atoms with Gasteiger partial charge >= 0.3 is 11.9 Å². The summed E-state index contributed by atoms with van der Waals surface area (Å²) in [7, 11) is 0. The number of alkyl halides is 3. The lowest BCUT2D eigenvalue weighted by Crippen LogP contribution is -2.39. The van der Waals surface area contributed by atoms with Crippen LogP contribution < -0.4 is 5.69 Å². The maximum Gasteiger partial charge on any atom is 0.400 e. The van der Waals surface area contributed by atoms with Crippen LogP contribution in [0, 0.1) is 5.41 Å². The number of benzene rings is 2.